The van der Waals surface area contributed by atoms with Gasteiger partial charge < -0.3 is 9.80 Å². The number of amides is 2. The third kappa shape index (κ3) is 4.05. The maximum atomic E-state index is 13.0. The molecule has 1 saturated carbocycles. The topological polar surface area (TPSA) is 53.5 Å². The van der Waals surface area contributed by atoms with E-state index in [-0.39, 0.29) is 23.8 Å². The number of carbonyl (C=O) groups excluding carboxylic acids is 2. The minimum atomic E-state index is -0.302. The molecule has 1 atom stereocenters. The highest BCUT2D eigenvalue weighted by Gasteiger charge is 2.40. The normalized spacial score (nSPS) is 19.7. The first-order valence-electron chi connectivity index (χ1n) is 9.69. The number of rotatable bonds is 5. The fourth-order valence-electron chi connectivity index (χ4n) is 3.69. The lowest BCUT2D eigenvalue weighted by molar-refractivity contribution is -0.148. The van der Waals surface area contributed by atoms with Crippen molar-refractivity contribution >= 4 is 23.2 Å². The van der Waals surface area contributed by atoms with Gasteiger partial charge in [-0.05, 0) is 32.1 Å². The van der Waals surface area contributed by atoms with Crippen molar-refractivity contribution in [3.63, 3.8) is 0 Å². The second-order valence-electron chi connectivity index (χ2n) is 7.52. The summed E-state index contributed by atoms with van der Waals surface area (Å²) in [6.07, 6.45) is 4.74. The van der Waals surface area contributed by atoms with Gasteiger partial charge in [0.15, 0.2) is 0 Å². The van der Waals surface area contributed by atoms with Crippen molar-refractivity contribution in [2.24, 2.45) is 5.92 Å². The molecule has 2 fully saturated rings. The Labute approximate surface area is 164 Å². The van der Waals surface area contributed by atoms with Crippen LogP contribution in [0, 0.1) is 5.92 Å². The van der Waals surface area contributed by atoms with Crippen LogP contribution in [0.1, 0.15) is 37.8 Å². The number of likely N-dealkylation sites (tertiary alicyclic amines) is 1. The average molecular weight is 384 g/mol. The highest BCUT2D eigenvalue weighted by molar-refractivity contribution is 7.13. The van der Waals surface area contributed by atoms with Crippen LogP contribution in [0.2, 0.25) is 0 Å². The van der Waals surface area contributed by atoms with Gasteiger partial charge in [-0.2, -0.15) is 0 Å². The predicted molar refractivity (Wildman–Crippen MR) is 106 cm³/mol. The van der Waals surface area contributed by atoms with Gasteiger partial charge in [0.2, 0.25) is 11.8 Å². The number of benzene rings is 1. The van der Waals surface area contributed by atoms with Crippen LogP contribution in [0.3, 0.4) is 0 Å². The van der Waals surface area contributed by atoms with Crippen LogP contribution in [0.15, 0.2) is 35.7 Å². The second-order valence-corrected chi connectivity index (χ2v) is 8.38. The molecule has 2 aliphatic rings. The van der Waals surface area contributed by atoms with E-state index >= 15 is 0 Å². The maximum Gasteiger partial charge on any atom is 0.245 e. The first-order valence-corrected chi connectivity index (χ1v) is 10.6. The summed E-state index contributed by atoms with van der Waals surface area (Å²) in [4.78, 5) is 33.9. The summed E-state index contributed by atoms with van der Waals surface area (Å²) in [5, 5.41) is 2.98. The van der Waals surface area contributed by atoms with E-state index in [4.69, 9.17) is 0 Å². The fourth-order valence-corrected chi connectivity index (χ4v) is 4.50. The number of thiazole rings is 1. The molecule has 5 nitrogen and oxygen atoms in total. The Morgan fingerprint density at radius 3 is 2.70 bits per heavy atom. The van der Waals surface area contributed by atoms with Gasteiger partial charge in [0.05, 0.1) is 12.2 Å². The van der Waals surface area contributed by atoms with Crippen LogP contribution >= 0.6 is 11.3 Å². The van der Waals surface area contributed by atoms with E-state index in [2.05, 4.69) is 4.98 Å². The van der Waals surface area contributed by atoms with Crippen molar-refractivity contribution in [2.45, 2.75) is 44.7 Å². The molecule has 1 aliphatic carbocycles. The quantitative estimate of drug-likeness (QED) is 0.793. The van der Waals surface area contributed by atoms with E-state index in [9.17, 15) is 9.59 Å². The monoisotopic (exact) mass is 383 g/mol. The molecule has 2 heterocycles. The maximum absolute atomic E-state index is 13.0. The largest absolute Gasteiger partial charge is 0.338 e. The number of piperidine rings is 1. The molecule has 142 valence electrons. The third-order valence-electron chi connectivity index (χ3n) is 5.35. The summed E-state index contributed by atoms with van der Waals surface area (Å²) in [6.45, 7) is 1.19. The summed E-state index contributed by atoms with van der Waals surface area (Å²) in [5.74, 6) is 0.384. The zero-order chi connectivity index (χ0) is 18.8. The molecule has 1 unspecified atom stereocenters. The number of carbonyl (C=O) groups is 2. The van der Waals surface area contributed by atoms with Crippen LogP contribution < -0.4 is 0 Å². The summed E-state index contributed by atoms with van der Waals surface area (Å²) in [5.41, 5.74) is 1.99. The van der Waals surface area contributed by atoms with Crippen LogP contribution in [-0.2, 0) is 16.1 Å². The van der Waals surface area contributed by atoms with Crippen molar-refractivity contribution in [1.29, 1.82) is 0 Å². The highest BCUT2D eigenvalue weighted by atomic mass is 32.1. The van der Waals surface area contributed by atoms with Crippen molar-refractivity contribution in [1.82, 2.24) is 14.8 Å². The Hall–Kier alpha value is -2.21. The number of nitrogens with zero attached hydrogens (tertiary/aromatic N) is 3. The highest BCUT2D eigenvalue weighted by Crippen LogP contribution is 2.33. The zero-order valence-corrected chi connectivity index (χ0v) is 16.5. The molecule has 1 saturated heterocycles. The molecule has 2 amide bonds. The second kappa shape index (κ2) is 7.80. The van der Waals surface area contributed by atoms with E-state index in [1.807, 2.05) is 47.7 Å². The molecule has 1 aromatic heterocycles. The van der Waals surface area contributed by atoms with Gasteiger partial charge >= 0.3 is 0 Å². The lowest BCUT2D eigenvalue weighted by Gasteiger charge is -2.36. The third-order valence-corrected chi connectivity index (χ3v) is 6.29. The standard InChI is InChI=1S/C21H25N3O2S/c1-23(13-17-14-27-19(22-17)15-7-3-2-4-8-15)21(26)18-9-5-6-12-24(18)20(25)16-10-11-16/h2-4,7-8,14,16,18H,5-6,9-13H2,1H3. The van der Waals surface area contributed by atoms with Crippen LogP contribution in [-0.4, -0.2) is 46.2 Å². The molecular formula is C21H25N3O2S. The van der Waals surface area contributed by atoms with Gasteiger partial charge in [-0.25, -0.2) is 4.98 Å². The Kier molecular flexibility index (Phi) is 5.25. The molecule has 4 rings (SSSR count). The van der Waals surface area contributed by atoms with Gasteiger partial charge in [-0.1, -0.05) is 30.3 Å². The van der Waals surface area contributed by atoms with Gasteiger partial charge in [-0.3, -0.25) is 9.59 Å². The van der Waals surface area contributed by atoms with Gasteiger partial charge in [-0.15, -0.1) is 11.3 Å². The molecule has 0 bridgehead atoms. The molecular weight excluding hydrogens is 358 g/mol. The lowest BCUT2D eigenvalue weighted by Crippen LogP contribution is -2.52. The predicted octanol–water partition coefficient (Wildman–Crippen LogP) is 3.56. The van der Waals surface area contributed by atoms with Crippen molar-refractivity contribution in [3.8, 4) is 10.6 Å². The van der Waals surface area contributed by atoms with E-state index in [1.165, 1.54) is 0 Å². The Balaban J connectivity index is 1.42. The average Bonchev–Trinajstić information content (AvgIpc) is 3.46. The molecule has 2 aromatic rings. The van der Waals surface area contributed by atoms with Crippen molar-refractivity contribution < 1.29 is 9.59 Å². The molecule has 27 heavy (non-hydrogen) atoms. The lowest BCUT2D eigenvalue weighted by atomic mass is 10.00. The number of aromatic nitrogens is 1. The number of likely N-dealkylation sites (N-methyl/N-ethyl adjacent to an activating group) is 1. The van der Waals surface area contributed by atoms with Crippen LogP contribution in [0.4, 0.5) is 0 Å². The minimum Gasteiger partial charge on any atom is -0.338 e. The van der Waals surface area contributed by atoms with Gasteiger partial charge in [0, 0.05) is 30.5 Å². The molecule has 6 heteroatoms. The summed E-state index contributed by atoms with van der Waals surface area (Å²) >= 11 is 1.60. The number of hydrogen-bond acceptors (Lipinski definition) is 4. The first kappa shape index (κ1) is 18.2. The van der Waals surface area contributed by atoms with Crippen molar-refractivity contribution in [2.75, 3.05) is 13.6 Å². The SMILES string of the molecule is CN(Cc1csc(-c2ccccc2)n1)C(=O)C1CCCCN1C(=O)C1CC1. The van der Waals surface area contributed by atoms with Crippen molar-refractivity contribution in [3.05, 3.63) is 41.4 Å². The van der Waals surface area contributed by atoms with E-state index in [0.717, 1.165) is 48.4 Å². The molecule has 0 radical (unpaired) electrons. The summed E-state index contributed by atoms with van der Waals surface area (Å²) in [7, 11) is 1.82. The van der Waals surface area contributed by atoms with Gasteiger partial charge in [0.25, 0.3) is 0 Å². The molecule has 1 aliphatic heterocycles. The van der Waals surface area contributed by atoms with Gasteiger partial charge in [0.1, 0.15) is 11.0 Å². The zero-order valence-electron chi connectivity index (χ0n) is 15.6. The minimum absolute atomic E-state index is 0.0398. The Bertz CT molecular complexity index is 816. The van der Waals surface area contributed by atoms with E-state index in [0.29, 0.717) is 13.1 Å². The molecule has 1 aromatic carbocycles. The first-order chi connectivity index (χ1) is 13.1. The number of hydrogen-bond donors (Lipinski definition) is 0. The van der Waals surface area contributed by atoms with E-state index < -0.39 is 0 Å². The molecule has 0 spiro atoms. The summed E-state index contributed by atoms with van der Waals surface area (Å²) < 4.78 is 0. The molecule has 0 N–H and O–H groups in total. The Morgan fingerprint density at radius 1 is 1.19 bits per heavy atom. The van der Waals surface area contributed by atoms with Crippen LogP contribution in [0.25, 0.3) is 10.6 Å². The fraction of sp³-hybridized carbons (Fsp3) is 0.476. The smallest absolute Gasteiger partial charge is 0.245 e. The summed E-state index contributed by atoms with van der Waals surface area (Å²) in [6, 6.07) is 9.77. The van der Waals surface area contributed by atoms with Crippen LogP contribution in [0.5, 0.6) is 0 Å². The van der Waals surface area contributed by atoms with E-state index in [1.54, 1.807) is 16.2 Å². The Morgan fingerprint density at radius 2 is 1.96 bits per heavy atom.